The van der Waals surface area contributed by atoms with E-state index in [0.717, 1.165) is 10.8 Å². The average molecular weight is 213 g/mol. The minimum absolute atomic E-state index is 0.227. The summed E-state index contributed by atoms with van der Waals surface area (Å²) >= 11 is 0. The van der Waals surface area contributed by atoms with Crippen molar-refractivity contribution < 1.29 is 9.90 Å². The zero-order chi connectivity index (χ0) is 11.7. The van der Waals surface area contributed by atoms with Crippen molar-refractivity contribution in [1.82, 2.24) is 0 Å². The van der Waals surface area contributed by atoms with Crippen molar-refractivity contribution >= 4 is 16.7 Å². The van der Waals surface area contributed by atoms with Gasteiger partial charge in [0, 0.05) is 0 Å². The summed E-state index contributed by atoms with van der Waals surface area (Å²) in [6, 6.07) is 11.1. The van der Waals surface area contributed by atoms with Gasteiger partial charge in [0.05, 0.1) is 5.97 Å². The summed E-state index contributed by atoms with van der Waals surface area (Å²) in [5, 5.41) is 12.7. The first-order chi connectivity index (χ1) is 7.58. The summed E-state index contributed by atoms with van der Waals surface area (Å²) < 4.78 is 0. The number of fused-ring (bicyclic) bond motifs is 1. The molecule has 0 aliphatic carbocycles. The molecule has 0 saturated heterocycles. The lowest BCUT2D eigenvalue weighted by atomic mass is 9.98. The van der Waals surface area contributed by atoms with Crippen LogP contribution in [0.2, 0.25) is 0 Å². The zero-order valence-corrected chi connectivity index (χ0v) is 9.36. The third-order valence-corrected chi connectivity index (χ3v) is 2.77. The Kier molecular flexibility index (Phi) is 2.65. The third kappa shape index (κ3) is 1.91. The highest BCUT2D eigenvalue weighted by molar-refractivity contribution is 5.93. The quantitative estimate of drug-likeness (QED) is 0.768. The van der Waals surface area contributed by atoms with Gasteiger partial charge in [0.1, 0.15) is 0 Å². The fraction of sp³-hybridized carbons (Fsp3) is 0.214. The number of aromatic carboxylic acids is 1. The van der Waals surface area contributed by atoms with Gasteiger partial charge in [-0.3, -0.25) is 0 Å². The molecule has 0 atom stereocenters. The minimum atomic E-state index is -1.13. The predicted octanol–water partition coefficient (Wildman–Crippen LogP) is 2.33. The predicted molar refractivity (Wildman–Crippen MR) is 62.4 cm³/mol. The second-order valence-electron chi connectivity index (χ2n) is 4.26. The minimum Gasteiger partial charge on any atom is -0.545 e. The number of carbonyl (C=O) groups is 1. The Morgan fingerprint density at radius 3 is 2.31 bits per heavy atom. The largest absolute Gasteiger partial charge is 0.545 e. The van der Waals surface area contributed by atoms with Crippen LogP contribution in [-0.4, -0.2) is 5.97 Å². The van der Waals surface area contributed by atoms with Gasteiger partial charge in [-0.25, -0.2) is 0 Å². The molecule has 2 nitrogen and oxygen atoms in total. The molecular formula is C14H13O2-. The van der Waals surface area contributed by atoms with Crippen LogP contribution >= 0.6 is 0 Å². The van der Waals surface area contributed by atoms with E-state index in [9.17, 15) is 9.90 Å². The number of carboxylic acid groups (broad SMARTS) is 1. The molecule has 0 aromatic heterocycles. The Labute approximate surface area is 94.5 Å². The van der Waals surface area contributed by atoms with Crippen LogP contribution in [-0.2, 0) is 0 Å². The molecule has 2 rings (SSSR count). The maximum absolute atomic E-state index is 10.7. The standard InChI is InChI=1S/C14H14O2/c1-9(2)10-3-4-12-8-13(14(15)16)6-5-11(12)7-10/h3-9H,1-2H3,(H,15,16)/p-1. The lowest BCUT2D eigenvalue weighted by Crippen LogP contribution is -2.21. The molecule has 2 heteroatoms. The van der Waals surface area contributed by atoms with Crippen molar-refractivity contribution in [2.75, 3.05) is 0 Å². The molecule has 2 aromatic carbocycles. The molecule has 0 aliphatic rings. The molecule has 0 fully saturated rings. The van der Waals surface area contributed by atoms with Crippen LogP contribution in [0.3, 0.4) is 0 Å². The van der Waals surface area contributed by atoms with Gasteiger partial charge in [-0.15, -0.1) is 0 Å². The molecule has 0 aliphatic heterocycles. The monoisotopic (exact) mass is 213 g/mol. The van der Waals surface area contributed by atoms with E-state index < -0.39 is 5.97 Å². The summed E-state index contributed by atoms with van der Waals surface area (Å²) in [5.41, 5.74) is 1.48. The van der Waals surface area contributed by atoms with Crippen molar-refractivity contribution in [2.24, 2.45) is 0 Å². The second-order valence-corrected chi connectivity index (χ2v) is 4.26. The van der Waals surface area contributed by atoms with E-state index in [-0.39, 0.29) is 5.56 Å². The molecule has 0 spiro atoms. The number of rotatable bonds is 2. The molecule has 82 valence electrons. The van der Waals surface area contributed by atoms with Gasteiger partial charge < -0.3 is 9.90 Å². The first kappa shape index (κ1) is 10.7. The average Bonchev–Trinajstić information content (AvgIpc) is 2.27. The van der Waals surface area contributed by atoms with Gasteiger partial charge in [-0.1, -0.05) is 44.2 Å². The molecule has 0 unspecified atom stereocenters. The van der Waals surface area contributed by atoms with Crippen LogP contribution < -0.4 is 5.11 Å². The van der Waals surface area contributed by atoms with E-state index in [0.29, 0.717) is 5.92 Å². The van der Waals surface area contributed by atoms with Crippen LogP contribution in [0.4, 0.5) is 0 Å². The van der Waals surface area contributed by atoms with Gasteiger partial charge in [-0.2, -0.15) is 0 Å². The van der Waals surface area contributed by atoms with E-state index >= 15 is 0 Å². The van der Waals surface area contributed by atoms with E-state index in [1.807, 2.05) is 18.2 Å². The number of benzene rings is 2. The molecule has 2 aromatic rings. The summed E-state index contributed by atoms with van der Waals surface area (Å²) in [4.78, 5) is 10.7. The number of carbonyl (C=O) groups excluding carboxylic acids is 1. The first-order valence-corrected chi connectivity index (χ1v) is 5.33. The SMILES string of the molecule is CC(C)c1ccc2cc(C(=O)[O-])ccc2c1. The molecule has 0 radical (unpaired) electrons. The fourth-order valence-corrected chi connectivity index (χ4v) is 1.75. The normalized spacial score (nSPS) is 10.9. The third-order valence-electron chi connectivity index (χ3n) is 2.77. The maximum atomic E-state index is 10.7. The molecule has 0 bridgehead atoms. The fourth-order valence-electron chi connectivity index (χ4n) is 1.75. The topological polar surface area (TPSA) is 40.1 Å². The summed E-state index contributed by atoms with van der Waals surface area (Å²) in [6.07, 6.45) is 0. The van der Waals surface area contributed by atoms with E-state index in [4.69, 9.17) is 0 Å². The highest BCUT2D eigenvalue weighted by Crippen LogP contribution is 2.22. The zero-order valence-electron chi connectivity index (χ0n) is 9.36. The van der Waals surface area contributed by atoms with Crippen molar-refractivity contribution in [3.63, 3.8) is 0 Å². The Bertz CT molecular complexity index is 541. The van der Waals surface area contributed by atoms with Crippen LogP contribution in [0.1, 0.15) is 35.7 Å². The molecule has 0 amide bonds. The summed E-state index contributed by atoms with van der Waals surface area (Å²) in [7, 11) is 0. The first-order valence-electron chi connectivity index (χ1n) is 5.33. The molecule has 0 saturated carbocycles. The number of carboxylic acids is 1. The summed E-state index contributed by atoms with van der Waals surface area (Å²) in [5.74, 6) is -0.653. The van der Waals surface area contributed by atoms with Gasteiger partial charge >= 0.3 is 0 Å². The summed E-state index contributed by atoms with van der Waals surface area (Å²) in [6.45, 7) is 4.27. The van der Waals surface area contributed by atoms with Crippen LogP contribution in [0.15, 0.2) is 36.4 Å². The van der Waals surface area contributed by atoms with E-state index in [1.165, 1.54) is 5.56 Å². The number of hydrogen-bond acceptors (Lipinski definition) is 2. The van der Waals surface area contributed by atoms with Crippen molar-refractivity contribution in [3.05, 3.63) is 47.5 Å². The number of hydrogen-bond donors (Lipinski definition) is 0. The van der Waals surface area contributed by atoms with Crippen LogP contribution in [0.5, 0.6) is 0 Å². The highest BCUT2D eigenvalue weighted by atomic mass is 16.4. The lowest BCUT2D eigenvalue weighted by molar-refractivity contribution is -0.255. The Morgan fingerprint density at radius 2 is 1.69 bits per heavy atom. The maximum Gasteiger partial charge on any atom is 0.0715 e. The van der Waals surface area contributed by atoms with Crippen LogP contribution in [0.25, 0.3) is 10.8 Å². The van der Waals surface area contributed by atoms with Gasteiger partial charge in [0.25, 0.3) is 0 Å². The lowest BCUT2D eigenvalue weighted by Gasteiger charge is -2.08. The van der Waals surface area contributed by atoms with Gasteiger partial charge in [-0.05, 0) is 33.9 Å². The van der Waals surface area contributed by atoms with Crippen molar-refractivity contribution in [3.8, 4) is 0 Å². The van der Waals surface area contributed by atoms with E-state index in [1.54, 1.807) is 12.1 Å². The molecular weight excluding hydrogens is 200 g/mol. The van der Waals surface area contributed by atoms with Crippen molar-refractivity contribution in [1.29, 1.82) is 0 Å². The smallest absolute Gasteiger partial charge is 0.0715 e. The Morgan fingerprint density at radius 1 is 1.06 bits per heavy atom. The van der Waals surface area contributed by atoms with Crippen LogP contribution in [0, 0.1) is 0 Å². The molecule has 16 heavy (non-hydrogen) atoms. The van der Waals surface area contributed by atoms with Gasteiger partial charge in [0.2, 0.25) is 0 Å². The van der Waals surface area contributed by atoms with Gasteiger partial charge in [0.15, 0.2) is 0 Å². The Balaban J connectivity index is 2.57. The molecule has 0 heterocycles. The molecule has 0 N–H and O–H groups in total. The second kappa shape index (κ2) is 3.97. The Hall–Kier alpha value is -1.83. The highest BCUT2D eigenvalue weighted by Gasteiger charge is 2.01. The van der Waals surface area contributed by atoms with Crippen molar-refractivity contribution in [2.45, 2.75) is 19.8 Å². The van der Waals surface area contributed by atoms with E-state index in [2.05, 4.69) is 19.9 Å².